The number of aromatic nitrogens is 1. The van der Waals surface area contributed by atoms with Crippen LogP contribution in [0.4, 0.5) is 0 Å². The molecule has 0 atom stereocenters. The van der Waals surface area contributed by atoms with Gasteiger partial charge in [0.05, 0.1) is 11.0 Å². The maximum atomic E-state index is 6.41. The van der Waals surface area contributed by atoms with Crippen molar-refractivity contribution in [3.63, 3.8) is 0 Å². The van der Waals surface area contributed by atoms with E-state index in [1.54, 1.807) is 0 Å². The first-order valence-corrected chi connectivity index (χ1v) is 10.2. The van der Waals surface area contributed by atoms with E-state index >= 15 is 0 Å². The van der Waals surface area contributed by atoms with Crippen molar-refractivity contribution in [1.82, 2.24) is 4.57 Å². The number of hydrogen-bond acceptors (Lipinski definition) is 1. The van der Waals surface area contributed by atoms with Crippen LogP contribution in [0.2, 0.25) is 0 Å². The van der Waals surface area contributed by atoms with E-state index in [-0.39, 0.29) is 0 Å². The highest BCUT2D eigenvalue weighted by Gasteiger charge is 2.25. The van der Waals surface area contributed by atoms with Crippen LogP contribution < -0.4 is 4.74 Å². The molecule has 0 fully saturated rings. The average Bonchev–Trinajstić information content (AvgIpc) is 3.14. The number of ether oxygens (including phenoxy) is 1. The lowest BCUT2D eigenvalue weighted by atomic mass is 9.91. The second-order valence-electron chi connectivity index (χ2n) is 7.78. The maximum absolute atomic E-state index is 6.41. The Hall–Kier alpha value is -4.04. The molecule has 140 valence electrons. The number of para-hydroxylation sites is 2. The number of nitrogens with zero attached hydrogens (tertiary/aromatic N) is 1. The lowest BCUT2D eigenvalue weighted by Gasteiger charge is -2.22. The molecule has 7 rings (SSSR count). The third kappa shape index (κ3) is 1.98. The molecule has 0 unspecified atom stereocenters. The first kappa shape index (κ1) is 15.8. The summed E-state index contributed by atoms with van der Waals surface area (Å²) in [5, 5.41) is 4.89. The summed E-state index contributed by atoms with van der Waals surface area (Å²) in [6.07, 6.45) is 0. The highest BCUT2D eigenvalue weighted by atomic mass is 16.5. The number of benzene rings is 5. The monoisotopic (exact) mass is 383 g/mol. The number of hydrogen-bond donors (Lipinski definition) is 0. The molecule has 2 heterocycles. The van der Waals surface area contributed by atoms with E-state index in [9.17, 15) is 0 Å². The lowest BCUT2D eigenvalue weighted by Crippen LogP contribution is -1.98. The van der Waals surface area contributed by atoms with E-state index in [2.05, 4.69) is 108 Å². The van der Waals surface area contributed by atoms with Crippen LogP contribution in [0.15, 0.2) is 103 Å². The molecule has 0 aliphatic carbocycles. The van der Waals surface area contributed by atoms with Crippen molar-refractivity contribution in [2.24, 2.45) is 0 Å². The smallest absolute Gasteiger partial charge is 0.136 e. The van der Waals surface area contributed by atoms with Crippen molar-refractivity contribution in [2.45, 2.75) is 0 Å². The summed E-state index contributed by atoms with van der Waals surface area (Å²) in [6.45, 7) is 0. The summed E-state index contributed by atoms with van der Waals surface area (Å²) in [6, 6.07) is 36.3. The molecule has 0 bridgehead atoms. The Bertz CT molecular complexity index is 1600. The molecule has 0 spiro atoms. The van der Waals surface area contributed by atoms with Gasteiger partial charge < -0.3 is 9.30 Å². The fourth-order valence-electron chi connectivity index (χ4n) is 4.97. The molecule has 0 saturated carbocycles. The Labute approximate surface area is 173 Å². The predicted molar refractivity (Wildman–Crippen MR) is 124 cm³/mol. The molecule has 5 aromatic carbocycles. The summed E-state index contributed by atoms with van der Waals surface area (Å²) in [7, 11) is 0. The molecule has 0 radical (unpaired) electrons. The Morgan fingerprint density at radius 1 is 0.533 bits per heavy atom. The van der Waals surface area contributed by atoms with E-state index < -0.39 is 0 Å². The van der Waals surface area contributed by atoms with Gasteiger partial charge in [-0.3, -0.25) is 0 Å². The highest BCUT2D eigenvalue weighted by Crippen LogP contribution is 2.51. The highest BCUT2D eigenvalue weighted by molar-refractivity contribution is 6.20. The van der Waals surface area contributed by atoms with Crippen LogP contribution in [0.3, 0.4) is 0 Å². The van der Waals surface area contributed by atoms with Gasteiger partial charge in [0.15, 0.2) is 0 Å². The van der Waals surface area contributed by atoms with Crippen LogP contribution in [-0.4, -0.2) is 4.57 Å². The molecule has 30 heavy (non-hydrogen) atoms. The van der Waals surface area contributed by atoms with Gasteiger partial charge in [0, 0.05) is 27.4 Å². The molecule has 0 saturated heterocycles. The molecular formula is C28H17NO. The van der Waals surface area contributed by atoms with Crippen molar-refractivity contribution < 1.29 is 4.74 Å². The van der Waals surface area contributed by atoms with Crippen molar-refractivity contribution >= 4 is 32.6 Å². The van der Waals surface area contributed by atoms with Crippen molar-refractivity contribution in [3.05, 3.63) is 103 Å². The second-order valence-corrected chi connectivity index (χ2v) is 7.78. The fourth-order valence-corrected chi connectivity index (χ4v) is 4.97. The van der Waals surface area contributed by atoms with E-state index in [0.717, 1.165) is 11.5 Å². The van der Waals surface area contributed by atoms with Gasteiger partial charge in [-0.25, -0.2) is 0 Å². The average molecular weight is 383 g/mol. The maximum Gasteiger partial charge on any atom is 0.136 e. The molecule has 2 heteroatoms. The van der Waals surface area contributed by atoms with E-state index in [1.165, 1.54) is 49.4 Å². The zero-order valence-corrected chi connectivity index (χ0v) is 16.2. The zero-order valence-electron chi connectivity index (χ0n) is 16.2. The van der Waals surface area contributed by atoms with Gasteiger partial charge in [0.1, 0.15) is 11.5 Å². The summed E-state index contributed by atoms with van der Waals surface area (Å²) < 4.78 is 8.77. The molecule has 1 aromatic heterocycles. The Kier molecular flexibility index (Phi) is 3.03. The van der Waals surface area contributed by atoms with Gasteiger partial charge >= 0.3 is 0 Å². The molecule has 1 aliphatic rings. The predicted octanol–water partition coefficient (Wildman–Crippen LogP) is 7.71. The topological polar surface area (TPSA) is 14.2 Å². The van der Waals surface area contributed by atoms with Gasteiger partial charge in [-0.05, 0) is 47.3 Å². The van der Waals surface area contributed by atoms with Gasteiger partial charge in [-0.15, -0.1) is 0 Å². The molecule has 0 N–H and O–H groups in total. The minimum absolute atomic E-state index is 0.921. The summed E-state index contributed by atoms with van der Waals surface area (Å²) in [5.41, 5.74) is 5.99. The summed E-state index contributed by atoms with van der Waals surface area (Å²) in [4.78, 5) is 0. The van der Waals surface area contributed by atoms with Gasteiger partial charge in [0.2, 0.25) is 0 Å². The van der Waals surface area contributed by atoms with Crippen LogP contribution >= 0.6 is 0 Å². The van der Waals surface area contributed by atoms with E-state index in [1.807, 2.05) is 0 Å². The fraction of sp³-hybridized carbons (Fsp3) is 0. The third-order valence-corrected chi connectivity index (χ3v) is 6.17. The van der Waals surface area contributed by atoms with Crippen LogP contribution in [0.25, 0.3) is 49.4 Å². The largest absolute Gasteiger partial charge is 0.456 e. The van der Waals surface area contributed by atoms with Crippen LogP contribution in [0.1, 0.15) is 0 Å². The second kappa shape index (κ2) is 5.74. The molecule has 2 nitrogen and oxygen atoms in total. The third-order valence-electron chi connectivity index (χ3n) is 6.17. The van der Waals surface area contributed by atoms with Gasteiger partial charge in [-0.1, -0.05) is 66.7 Å². The minimum atomic E-state index is 0.921. The standard InChI is InChI=1S/C28H17NO/c1-2-10-19(11-3-1)29-22-14-5-4-12-20(22)27-23(29)16-17-25-28(27)21-13-6-8-18-9-7-15-24(30-25)26(18)21/h1-17H. The first-order valence-electron chi connectivity index (χ1n) is 10.2. The van der Waals surface area contributed by atoms with Crippen molar-refractivity contribution in [2.75, 3.05) is 0 Å². The number of fused-ring (bicyclic) bond motifs is 6. The summed E-state index contributed by atoms with van der Waals surface area (Å²) >= 11 is 0. The zero-order chi connectivity index (χ0) is 19.7. The Balaban J connectivity index is 1.71. The quantitative estimate of drug-likeness (QED) is 0.283. The molecule has 0 amide bonds. The van der Waals surface area contributed by atoms with E-state index in [0.29, 0.717) is 0 Å². The van der Waals surface area contributed by atoms with Crippen LogP contribution in [0.5, 0.6) is 11.5 Å². The Morgan fingerprint density at radius 2 is 1.33 bits per heavy atom. The van der Waals surface area contributed by atoms with Crippen LogP contribution in [0, 0.1) is 0 Å². The van der Waals surface area contributed by atoms with E-state index in [4.69, 9.17) is 4.74 Å². The minimum Gasteiger partial charge on any atom is -0.456 e. The first-order chi connectivity index (χ1) is 14.9. The lowest BCUT2D eigenvalue weighted by molar-refractivity contribution is 0.488. The van der Waals surface area contributed by atoms with Gasteiger partial charge in [-0.2, -0.15) is 0 Å². The molecular weight excluding hydrogens is 366 g/mol. The molecule has 1 aliphatic heterocycles. The van der Waals surface area contributed by atoms with Crippen LogP contribution in [-0.2, 0) is 0 Å². The molecule has 6 aromatic rings. The normalized spacial score (nSPS) is 12.3. The Morgan fingerprint density at radius 3 is 2.23 bits per heavy atom. The SMILES string of the molecule is c1ccc(-n2c3ccccc3c3c4c(ccc32)Oc2cccc3cccc-4c23)cc1. The van der Waals surface area contributed by atoms with Crippen molar-refractivity contribution in [3.8, 4) is 28.3 Å². The number of rotatable bonds is 1. The summed E-state index contributed by atoms with van der Waals surface area (Å²) in [5.74, 6) is 1.85. The van der Waals surface area contributed by atoms with Crippen molar-refractivity contribution in [1.29, 1.82) is 0 Å². The van der Waals surface area contributed by atoms with Gasteiger partial charge in [0.25, 0.3) is 0 Å².